The molecular weight excluding hydrogens is 1310 g/mol. The Labute approximate surface area is 655 Å². The van der Waals surface area contributed by atoms with E-state index in [1.807, 2.05) is 21.1 Å². The molecule has 0 saturated heterocycles. The molecule has 0 aromatic rings. The van der Waals surface area contributed by atoms with Gasteiger partial charge in [0.25, 0.3) is 0 Å². The molecule has 10 heteroatoms. The lowest BCUT2D eigenvalue weighted by molar-refractivity contribution is -0.870. The van der Waals surface area contributed by atoms with E-state index in [0.29, 0.717) is 17.4 Å². The summed E-state index contributed by atoms with van der Waals surface area (Å²) in [5, 5.41) is 0. The topological polar surface area (TPSA) is 108 Å². The first-order valence-corrected chi connectivity index (χ1v) is 48.4. The number of carbonyl (C=O) groups is 2. The SMILES string of the molecule is CC/C=C\C/C=C\C/C=C\C/C=C\CCCCCCCCCCCCCCCCCCCCCCCCCCCCCCC(=O)OC(COC(=O)CCCCCCCCCCCCCCCCCCCCCCCCCCCCCCCCCCCCCCCCCC)COP(=O)(O)OCC[N+](C)(C)C. The van der Waals surface area contributed by atoms with E-state index >= 15 is 0 Å². The quantitative estimate of drug-likeness (QED) is 0.0211. The molecule has 1 N–H and O–H groups in total. The third kappa shape index (κ3) is 90.7. The van der Waals surface area contributed by atoms with Gasteiger partial charge in [-0.2, -0.15) is 0 Å². The fourth-order valence-corrected chi connectivity index (χ4v) is 15.3. The smallest absolute Gasteiger partial charge is 0.462 e. The maximum absolute atomic E-state index is 13.0. The van der Waals surface area contributed by atoms with Crippen LogP contribution in [0.3, 0.4) is 0 Å². The third-order valence-corrected chi connectivity index (χ3v) is 22.6. The zero-order valence-electron chi connectivity index (χ0n) is 71.3. The monoisotopic (exact) mass is 1500 g/mol. The van der Waals surface area contributed by atoms with Gasteiger partial charge in [-0.15, -0.1) is 0 Å². The van der Waals surface area contributed by atoms with E-state index in [9.17, 15) is 19.0 Å². The molecule has 0 aromatic heterocycles. The van der Waals surface area contributed by atoms with E-state index in [1.165, 1.54) is 405 Å². The normalized spacial score (nSPS) is 13.1. The van der Waals surface area contributed by atoms with Crippen molar-refractivity contribution in [2.75, 3.05) is 47.5 Å². The highest BCUT2D eigenvalue weighted by Crippen LogP contribution is 2.43. The van der Waals surface area contributed by atoms with Crippen molar-refractivity contribution < 1.29 is 42.1 Å². The molecule has 0 aliphatic heterocycles. The molecule has 0 aromatic carbocycles. The summed E-state index contributed by atoms with van der Waals surface area (Å²) in [6.45, 7) is 4.42. The van der Waals surface area contributed by atoms with Gasteiger partial charge < -0.3 is 18.9 Å². The molecule has 0 saturated carbocycles. The minimum absolute atomic E-state index is 0.0359. The van der Waals surface area contributed by atoms with Gasteiger partial charge >= 0.3 is 19.8 Å². The van der Waals surface area contributed by atoms with Crippen LogP contribution in [0.25, 0.3) is 0 Å². The van der Waals surface area contributed by atoms with Crippen molar-refractivity contribution in [1.82, 2.24) is 0 Å². The molecule has 0 bridgehead atoms. The Hall–Kier alpha value is -2.03. The van der Waals surface area contributed by atoms with E-state index < -0.39 is 26.5 Å². The summed E-state index contributed by atoms with van der Waals surface area (Å²) in [4.78, 5) is 36.1. The van der Waals surface area contributed by atoms with Crippen LogP contribution in [0.2, 0.25) is 0 Å². The molecule has 2 unspecified atom stereocenters. The van der Waals surface area contributed by atoms with Crippen molar-refractivity contribution in [3.63, 3.8) is 0 Å². The Balaban J connectivity index is 3.80. The fraction of sp³-hybridized carbons (Fsp3) is 0.895. The Morgan fingerprint density at radius 2 is 0.543 bits per heavy atom. The lowest BCUT2D eigenvalue weighted by Gasteiger charge is -2.24. The van der Waals surface area contributed by atoms with Crippen molar-refractivity contribution in [2.24, 2.45) is 0 Å². The maximum atomic E-state index is 13.0. The van der Waals surface area contributed by atoms with Crippen molar-refractivity contribution >= 4 is 19.8 Å². The van der Waals surface area contributed by atoms with Crippen LogP contribution in [0, 0.1) is 0 Å². The number of likely N-dealkylation sites (N-methyl/N-ethyl adjacent to an activating group) is 1. The van der Waals surface area contributed by atoms with Gasteiger partial charge in [-0.05, 0) is 51.4 Å². The largest absolute Gasteiger partial charge is 0.472 e. The molecule has 0 aliphatic rings. The Morgan fingerprint density at radius 3 is 0.810 bits per heavy atom. The fourth-order valence-electron chi connectivity index (χ4n) is 14.5. The lowest BCUT2D eigenvalue weighted by atomic mass is 10.0. The third-order valence-electron chi connectivity index (χ3n) is 21.6. The Morgan fingerprint density at radius 1 is 0.305 bits per heavy atom. The van der Waals surface area contributed by atoms with Gasteiger partial charge in [0.05, 0.1) is 27.7 Å². The molecule has 0 heterocycles. The molecule has 0 amide bonds. The van der Waals surface area contributed by atoms with Crippen LogP contribution in [-0.4, -0.2) is 74.9 Å². The number of carbonyl (C=O) groups excluding carboxylic acids is 2. The first kappa shape index (κ1) is 103. The number of quaternary nitrogens is 1. The number of phosphoric acid groups is 1. The number of allylic oxidation sites excluding steroid dienone is 8. The molecule has 0 radical (unpaired) electrons. The zero-order chi connectivity index (χ0) is 76.1. The summed E-state index contributed by atoms with van der Waals surface area (Å²) in [7, 11) is 1.51. The average molecular weight is 1500 g/mol. The van der Waals surface area contributed by atoms with Crippen LogP contribution in [-0.2, 0) is 32.7 Å². The van der Waals surface area contributed by atoms with Crippen molar-refractivity contribution in [2.45, 2.75) is 502 Å². The van der Waals surface area contributed by atoms with Gasteiger partial charge in [-0.3, -0.25) is 18.6 Å². The van der Waals surface area contributed by atoms with E-state index in [2.05, 4.69) is 62.5 Å². The molecule has 105 heavy (non-hydrogen) atoms. The molecule has 0 fully saturated rings. The highest BCUT2D eigenvalue weighted by atomic mass is 31.2. The summed E-state index contributed by atoms with van der Waals surface area (Å²) < 4.78 is 34.9. The molecule has 9 nitrogen and oxygen atoms in total. The molecule has 620 valence electrons. The summed E-state index contributed by atoms with van der Waals surface area (Å²) >= 11 is 0. The van der Waals surface area contributed by atoms with Gasteiger partial charge in [0.1, 0.15) is 19.8 Å². The van der Waals surface area contributed by atoms with Crippen LogP contribution < -0.4 is 0 Å². The maximum Gasteiger partial charge on any atom is 0.472 e. The van der Waals surface area contributed by atoms with Crippen molar-refractivity contribution in [1.29, 1.82) is 0 Å². The first-order valence-electron chi connectivity index (χ1n) is 46.9. The first-order chi connectivity index (χ1) is 51.5. The highest BCUT2D eigenvalue weighted by Gasteiger charge is 2.27. The Kier molecular flexibility index (Phi) is 84.3. The second-order valence-corrected chi connectivity index (χ2v) is 34.8. The number of nitrogens with zero attached hydrogens (tertiary/aromatic N) is 1. The van der Waals surface area contributed by atoms with Crippen LogP contribution in [0.4, 0.5) is 0 Å². The van der Waals surface area contributed by atoms with Crippen LogP contribution in [0.15, 0.2) is 48.6 Å². The van der Waals surface area contributed by atoms with E-state index in [0.717, 1.165) is 64.2 Å². The summed E-state index contributed by atoms with van der Waals surface area (Å²) in [6.07, 6.45) is 116. The van der Waals surface area contributed by atoms with Gasteiger partial charge in [-0.1, -0.05) is 480 Å². The average Bonchev–Trinajstić information content (AvgIpc) is 0.935. The predicted molar refractivity (Wildman–Crippen MR) is 460 cm³/mol. The van der Waals surface area contributed by atoms with E-state index in [1.54, 1.807) is 0 Å². The number of ether oxygens (including phenoxy) is 2. The van der Waals surface area contributed by atoms with Gasteiger partial charge in [0.2, 0.25) is 0 Å². The number of phosphoric ester groups is 1. The summed E-state index contributed by atoms with van der Waals surface area (Å²) in [5.41, 5.74) is 0. The number of hydrogen-bond donors (Lipinski definition) is 1. The minimum Gasteiger partial charge on any atom is -0.462 e. The molecule has 0 spiro atoms. The minimum atomic E-state index is -4.40. The van der Waals surface area contributed by atoms with Crippen LogP contribution in [0.5, 0.6) is 0 Å². The summed E-state index contributed by atoms with van der Waals surface area (Å²) in [6, 6.07) is 0. The molecule has 0 aliphatic carbocycles. The van der Waals surface area contributed by atoms with Gasteiger partial charge in [0.15, 0.2) is 6.10 Å². The summed E-state index contributed by atoms with van der Waals surface area (Å²) in [5.74, 6) is -0.766. The van der Waals surface area contributed by atoms with Crippen LogP contribution in [0.1, 0.15) is 495 Å². The lowest BCUT2D eigenvalue weighted by Crippen LogP contribution is -2.37. The molecule has 2 atom stereocenters. The number of rotatable bonds is 89. The number of unbranched alkanes of at least 4 members (excludes halogenated alkanes) is 67. The van der Waals surface area contributed by atoms with Crippen molar-refractivity contribution in [3.05, 3.63) is 48.6 Å². The predicted octanol–water partition coefficient (Wildman–Crippen LogP) is 31.8. The molecule has 0 rings (SSSR count). The van der Waals surface area contributed by atoms with Crippen molar-refractivity contribution in [3.8, 4) is 0 Å². The molecular formula is C95H183NO8P+. The highest BCUT2D eigenvalue weighted by molar-refractivity contribution is 7.47. The van der Waals surface area contributed by atoms with E-state index in [-0.39, 0.29) is 25.6 Å². The second-order valence-electron chi connectivity index (χ2n) is 33.4. The Bertz CT molecular complexity index is 1910. The zero-order valence-corrected chi connectivity index (χ0v) is 72.2. The van der Waals surface area contributed by atoms with Gasteiger partial charge in [0, 0.05) is 12.8 Å². The van der Waals surface area contributed by atoms with E-state index in [4.69, 9.17) is 18.5 Å². The standard InChI is InChI=1S/C95H182NO8P/c1-6-8-10-12-14-16-18-20-22-24-26-28-30-32-34-36-38-40-42-44-46-48-50-52-54-56-58-60-62-64-66-68-70-72-74-76-78-80-82-84-86-88-95(98)104-93(92-103-105(99,100)102-90-89-96(3,4)5)91-101-94(97)87-85-83-81-79-77-75-73-71-69-67-65-63-61-59-57-55-53-51-49-47-45-43-41-39-37-35-33-31-29-27-25-23-21-19-17-15-13-11-9-7-2/h8,10,14,16,20,22,26,28,93H,6-7,9,11-13,15,17-19,21,23-25,27,29-92H2,1-5H3/p+1/b10-8-,16-14-,22-20-,28-26-. The van der Waals surface area contributed by atoms with Gasteiger partial charge in [-0.25, -0.2) is 4.57 Å². The number of hydrogen-bond acceptors (Lipinski definition) is 7. The number of esters is 2. The second kappa shape index (κ2) is 86.0. The van der Waals surface area contributed by atoms with Crippen LogP contribution >= 0.6 is 7.82 Å².